The van der Waals surface area contributed by atoms with Gasteiger partial charge < -0.3 is 14.5 Å². The van der Waals surface area contributed by atoms with Crippen molar-refractivity contribution in [3.63, 3.8) is 0 Å². The first-order valence-corrected chi connectivity index (χ1v) is 8.24. The Labute approximate surface area is 149 Å². The number of halogens is 3. The molecule has 4 nitrogen and oxygen atoms in total. The van der Waals surface area contributed by atoms with Crippen LogP contribution in [0.2, 0.25) is 0 Å². The van der Waals surface area contributed by atoms with E-state index in [2.05, 4.69) is 4.90 Å². The molecule has 0 atom stereocenters. The lowest BCUT2D eigenvalue weighted by molar-refractivity contribution is -0.137. The molecule has 0 bridgehead atoms. The summed E-state index contributed by atoms with van der Waals surface area (Å²) in [6.07, 6.45) is -4.40. The molecular weight excluding hydrogens is 345 g/mol. The smallest absolute Gasteiger partial charge is 0.416 e. The summed E-state index contributed by atoms with van der Waals surface area (Å²) in [6.45, 7) is 2.33. The molecule has 0 aromatic heterocycles. The molecule has 0 N–H and O–H groups in total. The number of carbonyl (C=O) groups excluding carboxylic acids is 1. The fourth-order valence-electron chi connectivity index (χ4n) is 2.96. The summed E-state index contributed by atoms with van der Waals surface area (Å²) in [5.41, 5.74) is 0.538. The van der Waals surface area contributed by atoms with Gasteiger partial charge in [-0.1, -0.05) is 6.07 Å². The Hall–Kier alpha value is -2.70. The van der Waals surface area contributed by atoms with E-state index in [1.54, 1.807) is 12.0 Å². The van der Waals surface area contributed by atoms with Gasteiger partial charge in [0.05, 0.1) is 12.7 Å². The molecule has 7 heteroatoms. The molecule has 1 heterocycles. The third-order valence-electron chi connectivity index (χ3n) is 4.44. The van der Waals surface area contributed by atoms with Crippen LogP contribution >= 0.6 is 0 Å². The minimum Gasteiger partial charge on any atom is -0.497 e. The van der Waals surface area contributed by atoms with E-state index in [-0.39, 0.29) is 11.5 Å². The monoisotopic (exact) mass is 364 g/mol. The van der Waals surface area contributed by atoms with Gasteiger partial charge in [-0.2, -0.15) is 13.2 Å². The molecule has 26 heavy (non-hydrogen) atoms. The van der Waals surface area contributed by atoms with Gasteiger partial charge in [-0.3, -0.25) is 4.79 Å². The van der Waals surface area contributed by atoms with E-state index in [0.29, 0.717) is 26.2 Å². The van der Waals surface area contributed by atoms with E-state index in [1.807, 2.05) is 24.3 Å². The molecule has 2 aromatic rings. The quantitative estimate of drug-likeness (QED) is 0.833. The number of methoxy groups -OCH3 is 1. The molecule has 0 spiro atoms. The zero-order valence-corrected chi connectivity index (χ0v) is 14.3. The van der Waals surface area contributed by atoms with E-state index in [4.69, 9.17) is 4.74 Å². The topological polar surface area (TPSA) is 32.8 Å². The molecule has 1 fully saturated rings. The molecule has 0 aliphatic carbocycles. The van der Waals surface area contributed by atoms with Crippen molar-refractivity contribution in [3.8, 4) is 5.75 Å². The maximum absolute atomic E-state index is 12.6. The molecule has 1 amide bonds. The van der Waals surface area contributed by atoms with Crippen LogP contribution in [0.25, 0.3) is 0 Å². The summed E-state index contributed by atoms with van der Waals surface area (Å²) in [5, 5.41) is 0. The van der Waals surface area contributed by atoms with Crippen molar-refractivity contribution >= 4 is 11.6 Å². The van der Waals surface area contributed by atoms with Gasteiger partial charge in [0.2, 0.25) is 0 Å². The minimum atomic E-state index is -4.40. The van der Waals surface area contributed by atoms with E-state index in [0.717, 1.165) is 23.6 Å². The fourth-order valence-corrected chi connectivity index (χ4v) is 2.96. The van der Waals surface area contributed by atoms with E-state index in [9.17, 15) is 18.0 Å². The summed E-state index contributed by atoms with van der Waals surface area (Å²) >= 11 is 0. The lowest BCUT2D eigenvalue weighted by atomic mass is 10.1. The summed E-state index contributed by atoms with van der Waals surface area (Å²) in [5.74, 6) is 0.523. The summed E-state index contributed by atoms with van der Waals surface area (Å²) < 4.78 is 43.1. The largest absolute Gasteiger partial charge is 0.497 e. The number of benzene rings is 2. The normalized spacial score (nSPS) is 15.1. The SMILES string of the molecule is COc1cccc(N2CCN(C(=O)c3ccc(C(F)(F)F)cc3)CC2)c1. The van der Waals surface area contributed by atoms with Crippen molar-refractivity contribution in [2.24, 2.45) is 0 Å². The molecule has 0 saturated carbocycles. The van der Waals surface area contributed by atoms with Gasteiger partial charge in [0.25, 0.3) is 5.91 Å². The van der Waals surface area contributed by atoms with Crippen molar-refractivity contribution in [2.45, 2.75) is 6.18 Å². The van der Waals surface area contributed by atoms with Crippen molar-refractivity contribution in [1.82, 2.24) is 4.90 Å². The molecule has 1 aliphatic heterocycles. The van der Waals surface area contributed by atoms with Gasteiger partial charge in [-0.25, -0.2) is 0 Å². The Bertz CT molecular complexity index is 767. The molecule has 1 aliphatic rings. The Kier molecular flexibility index (Phi) is 5.06. The van der Waals surface area contributed by atoms with Crippen LogP contribution in [-0.4, -0.2) is 44.1 Å². The first kappa shape index (κ1) is 18.1. The average Bonchev–Trinajstić information content (AvgIpc) is 2.67. The highest BCUT2D eigenvalue weighted by molar-refractivity contribution is 5.94. The number of alkyl halides is 3. The second-order valence-corrected chi connectivity index (χ2v) is 6.06. The summed E-state index contributed by atoms with van der Waals surface area (Å²) in [4.78, 5) is 16.3. The lowest BCUT2D eigenvalue weighted by Gasteiger charge is -2.36. The first-order valence-electron chi connectivity index (χ1n) is 8.24. The number of amides is 1. The van der Waals surface area contributed by atoms with Gasteiger partial charge in [0, 0.05) is 43.5 Å². The van der Waals surface area contributed by atoms with Crippen molar-refractivity contribution in [1.29, 1.82) is 0 Å². The second-order valence-electron chi connectivity index (χ2n) is 6.06. The highest BCUT2D eigenvalue weighted by atomic mass is 19.4. The standard InChI is InChI=1S/C19H19F3N2O2/c1-26-17-4-2-3-16(13-17)23-9-11-24(12-10-23)18(25)14-5-7-15(8-6-14)19(20,21)22/h2-8,13H,9-12H2,1H3. The molecule has 2 aromatic carbocycles. The zero-order valence-electron chi connectivity index (χ0n) is 14.3. The number of anilines is 1. The second kappa shape index (κ2) is 7.27. The van der Waals surface area contributed by atoms with E-state index >= 15 is 0 Å². The summed E-state index contributed by atoms with van der Waals surface area (Å²) in [6, 6.07) is 12.1. The Morgan fingerprint density at radius 3 is 2.23 bits per heavy atom. The predicted octanol–water partition coefficient (Wildman–Crippen LogP) is 3.68. The van der Waals surface area contributed by atoms with Gasteiger partial charge in [0.1, 0.15) is 5.75 Å². The van der Waals surface area contributed by atoms with Crippen LogP contribution in [0.1, 0.15) is 15.9 Å². The number of rotatable bonds is 3. The fraction of sp³-hybridized carbons (Fsp3) is 0.316. The molecule has 1 saturated heterocycles. The number of piperazine rings is 1. The van der Waals surface area contributed by atoms with Crippen LogP contribution in [0.15, 0.2) is 48.5 Å². The van der Waals surface area contributed by atoms with Crippen LogP contribution in [-0.2, 0) is 6.18 Å². The number of hydrogen-bond acceptors (Lipinski definition) is 3. The van der Waals surface area contributed by atoms with Crippen LogP contribution < -0.4 is 9.64 Å². The van der Waals surface area contributed by atoms with Crippen molar-refractivity contribution in [3.05, 3.63) is 59.7 Å². The van der Waals surface area contributed by atoms with E-state index in [1.165, 1.54) is 12.1 Å². The number of ether oxygens (including phenoxy) is 1. The van der Waals surface area contributed by atoms with Crippen LogP contribution in [0.3, 0.4) is 0 Å². The Morgan fingerprint density at radius 1 is 1.00 bits per heavy atom. The van der Waals surface area contributed by atoms with Crippen LogP contribution in [0.4, 0.5) is 18.9 Å². The van der Waals surface area contributed by atoms with Crippen LogP contribution in [0, 0.1) is 0 Å². The Morgan fingerprint density at radius 2 is 1.65 bits per heavy atom. The molecular formula is C19H19F3N2O2. The third-order valence-corrected chi connectivity index (χ3v) is 4.44. The third kappa shape index (κ3) is 3.92. The number of carbonyl (C=O) groups is 1. The molecule has 0 unspecified atom stereocenters. The van der Waals surface area contributed by atoms with Crippen LogP contribution in [0.5, 0.6) is 5.75 Å². The zero-order chi connectivity index (χ0) is 18.7. The highest BCUT2D eigenvalue weighted by Gasteiger charge is 2.30. The molecule has 138 valence electrons. The number of nitrogens with zero attached hydrogens (tertiary/aromatic N) is 2. The minimum absolute atomic E-state index is 0.246. The number of hydrogen-bond donors (Lipinski definition) is 0. The maximum Gasteiger partial charge on any atom is 0.416 e. The van der Waals surface area contributed by atoms with E-state index < -0.39 is 11.7 Å². The highest BCUT2D eigenvalue weighted by Crippen LogP contribution is 2.29. The van der Waals surface area contributed by atoms with Gasteiger partial charge >= 0.3 is 6.18 Å². The first-order chi connectivity index (χ1) is 12.4. The molecule has 3 rings (SSSR count). The average molecular weight is 364 g/mol. The van der Waals surface area contributed by atoms with Gasteiger partial charge in [-0.15, -0.1) is 0 Å². The summed E-state index contributed by atoms with van der Waals surface area (Å²) in [7, 11) is 1.61. The predicted molar refractivity (Wildman–Crippen MR) is 92.6 cm³/mol. The lowest BCUT2D eigenvalue weighted by Crippen LogP contribution is -2.48. The van der Waals surface area contributed by atoms with Crippen molar-refractivity contribution in [2.75, 3.05) is 38.2 Å². The molecule has 0 radical (unpaired) electrons. The Balaban J connectivity index is 1.63. The van der Waals surface area contributed by atoms with Crippen molar-refractivity contribution < 1.29 is 22.7 Å². The van der Waals surface area contributed by atoms with Gasteiger partial charge in [0.15, 0.2) is 0 Å². The maximum atomic E-state index is 12.6. The van der Waals surface area contributed by atoms with Gasteiger partial charge in [-0.05, 0) is 36.4 Å².